The molecule has 0 amide bonds. The maximum absolute atomic E-state index is 4.27. The van der Waals surface area contributed by atoms with Crippen LogP contribution >= 0.6 is 0 Å². The molecular weight excluding hydrogens is 270 g/mol. The van der Waals surface area contributed by atoms with E-state index in [0.29, 0.717) is 0 Å². The zero-order valence-corrected chi connectivity index (χ0v) is 13.5. The van der Waals surface area contributed by atoms with Crippen molar-refractivity contribution < 1.29 is 0 Å². The molecule has 21 heavy (non-hydrogen) atoms. The third kappa shape index (κ3) is 2.43. The Morgan fingerprint density at radius 3 is 1.76 bits per heavy atom. The van der Waals surface area contributed by atoms with Crippen LogP contribution in [-0.4, -0.2) is 13.1 Å². The molecule has 0 saturated carbocycles. The first-order valence-corrected chi connectivity index (χ1v) is 9.75. The summed E-state index contributed by atoms with van der Waals surface area (Å²) < 4.78 is 0. The van der Waals surface area contributed by atoms with Crippen LogP contribution < -0.4 is 15.6 Å². The van der Waals surface area contributed by atoms with Gasteiger partial charge in [-0.3, -0.25) is 4.98 Å². The van der Waals surface area contributed by atoms with E-state index in [4.69, 9.17) is 0 Å². The highest BCUT2D eigenvalue weighted by atomic mass is 28.3. The molecule has 2 aromatic carbocycles. The van der Waals surface area contributed by atoms with Crippen LogP contribution in [0.2, 0.25) is 6.55 Å². The van der Waals surface area contributed by atoms with Crippen molar-refractivity contribution in [2.24, 2.45) is 0 Å². The number of benzene rings is 2. The van der Waals surface area contributed by atoms with Crippen LogP contribution in [0.4, 0.5) is 0 Å². The van der Waals surface area contributed by atoms with Crippen molar-refractivity contribution in [3.63, 3.8) is 0 Å². The molecule has 0 N–H and O–H groups in total. The Kier molecular flexibility index (Phi) is 3.71. The fraction of sp³-hybridized carbons (Fsp3) is 0.105. The molecule has 1 heterocycles. The van der Waals surface area contributed by atoms with E-state index in [1.165, 1.54) is 21.1 Å². The zero-order valence-electron chi connectivity index (χ0n) is 12.5. The molecule has 3 rings (SSSR count). The summed E-state index contributed by atoms with van der Waals surface area (Å²) in [7, 11) is -1.96. The predicted octanol–water partition coefficient (Wildman–Crippen LogP) is 2.49. The fourth-order valence-corrected chi connectivity index (χ4v) is 6.99. The van der Waals surface area contributed by atoms with Crippen molar-refractivity contribution >= 4 is 23.6 Å². The summed E-state index contributed by atoms with van der Waals surface area (Å²) in [5, 5.41) is 4.31. The lowest BCUT2D eigenvalue weighted by atomic mass is 10.3. The molecule has 2 heteroatoms. The Morgan fingerprint density at radius 1 is 0.762 bits per heavy atom. The van der Waals surface area contributed by atoms with E-state index < -0.39 is 8.07 Å². The Bertz CT molecular complexity index is 683. The number of aryl methyl sites for hydroxylation is 1. The first-order valence-electron chi connectivity index (χ1n) is 7.25. The second-order valence-electron chi connectivity index (χ2n) is 5.55. The maximum atomic E-state index is 4.27. The van der Waals surface area contributed by atoms with Gasteiger partial charge in [0, 0.05) is 12.4 Å². The molecule has 0 bridgehead atoms. The molecule has 3 aromatic rings. The normalized spacial score (nSPS) is 11.3. The molecule has 0 spiro atoms. The molecule has 1 aromatic heterocycles. The number of rotatable bonds is 3. The second kappa shape index (κ2) is 5.66. The molecule has 0 unspecified atom stereocenters. The first kappa shape index (κ1) is 13.8. The van der Waals surface area contributed by atoms with Crippen LogP contribution in [0, 0.1) is 6.92 Å². The minimum atomic E-state index is -1.96. The molecule has 0 aliphatic rings. The topological polar surface area (TPSA) is 12.9 Å². The van der Waals surface area contributed by atoms with Crippen LogP contribution in [0.25, 0.3) is 0 Å². The summed E-state index contributed by atoms with van der Waals surface area (Å²) in [5.74, 6) is 0. The van der Waals surface area contributed by atoms with Crippen LogP contribution in [0.5, 0.6) is 0 Å². The van der Waals surface area contributed by atoms with Gasteiger partial charge in [-0.05, 0) is 34.1 Å². The summed E-state index contributed by atoms with van der Waals surface area (Å²) in [4.78, 5) is 4.27. The zero-order chi connectivity index (χ0) is 14.7. The molecule has 0 saturated heterocycles. The molecule has 0 aliphatic heterocycles. The summed E-state index contributed by atoms with van der Waals surface area (Å²) in [6.07, 6.45) is 3.89. The molecule has 0 aliphatic carbocycles. The number of aromatic nitrogens is 1. The quantitative estimate of drug-likeness (QED) is 0.675. The Hall–Kier alpha value is -2.19. The summed E-state index contributed by atoms with van der Waals surface area (Å²) >= 11 is 0. The molecule has 1 nitrogen and oxygen atoms in total. The average Bonchev–Trinajstić information content (AvgIpc) is 2.56. The third-order valence-corrected chi connectivity index (χ3v) is 8.88. The minimum Gasteiger partial charge on any atom is -0.264 e. The maximum Gasteiger partial charge on any atom is 0.145 e. The molecular formula is C19H19NSi. The van der Waals surface area contributed by atoms with E-state index >= 15 is 0 Å². The number of hydrogen-bond acceptors (Lipinski definition) is 1. The third-order valence-electron chi connectivity index (χ3n) is 4.26. The van der Waals surface area contributed by atoms with Crippen LogP contribution in [-0.2, 0) is 0 Å². The lowest BCUT2D eigenvalue weighted by molar-refractivity contribution is 1.28. The fourth-order valence-electron chi connectivity index (χ4n) is 3.06. The van der Waals surface area contributed by atoms with Gasteiger partial charge in [-0.15, -0.1) is 0 Å². The standard InChI is InChI=1S/C19H19NSi/c1-16-15-20-14-13-19(16)21(2,17-9-5-3-6-10-17)18-11-7-4-8-12-18/h3-15H,1-2H3. The highest BCUT2D eigenvalue weighted by Crippen LogP contribution is 2.08. The Labute approximate surface area is 127 Å². The molecule has 104 valence electrons. The van der Waals surface area contributed by atoms with Crippen molar-refractivity contribution in [3.8, 4) is 0 Å². The number of pyridine rings is 1. The smallest absolute Gasteiger partial charge is 0.145 e. The summed E-state index contributed by atoms with van der Waals surface area (Å²) in [5.41, 5.74) is 1.28. The largest absolute Gasteiger partial charge is 0.264 e. The number of nitrogens with zero attached hydrogens (tertiary/aromatic N) is 1. The van der Waals surface area contributed by atoms with Gasteiger partial charge in [0.25, 0.3) is 0 Å². The molecule has 0 atom stereocenters. The minimum absolute atomic E-state index is 1.28. The van der Waals surface area contributed by atoms with E-state index in [2.05, 4.69) is 85.2 Å². The highest BCUT2D eigenvalue weighted by molar-refractivity contribution is 7.10. The van der Waals surface area contributed by atoms with E-state index in [-0.39, 0.29) is 0 Å². The lowest BCUT2D eigenvalue weighted by Crippen LogP contribution is -2.65. The van der Waals surface area contributed by atoms with Crippen molar-refractivity contribution in [3.05, 3.63) is 84.7 Å². The molecule has 0 radical (unpaired) electrons. The average molecular weight is 289 g/mol. The van der Waals surface area contributed by atoms with Gasteiger partial charge in [-0.25, -0.2) is 0 Å². The van der Waals surface area contributed by atoms with Crippen molar-refractivity contribution in [1.29, 1.82) is 0 Å². The van der Waals surface area contributed by atoms with Gasteiger partial charge in [0.15, 0.2) is 0 Å². The van der Waals surface area contributed by atoms with Gasteiger partial charge < -0.3 is 0 Å². The Balaban J connectivity index is 2.29. The van der Waals surface area contributed by atoms with Crippen LogP contribution in [0.15, 0.2) is 79.1 Å². The monoisotopic (exact) mass is 289 g/mol. The van der Waals surface area contributed by atoms with Crippen LogP contribution in [0.1, 0.15) is 5.56 Å². The van der Waals surface area contributed by atoms with Crippen LogP contribution in [0.3, 0.4) is 0 Å². The van der Waals surface area contributed by atoms with Gasteiger partial charge in [-0.2, -0.15) is 0 Å². The SMILES string of the molecule is Cc1cnccc1[Si](C)(c1ccccc1)c1ccccc1. The van der Waals surface area contributed by atoms with Gasteiger partial charge in [0.2, 0.25) is 0 Å². The van der Waals surface area contributed by atoms with Crippen molar-refractivity contribution in [1.82, 2.24) is 4.98 Å². The first-order chi connectivity index (χ1) is 10.2. The summed E-state index contributed by atoms with van der Waals surface area (Å²) in [6, 6.07) is 24.0. The van der Waals surface area contributed by atoms with E-state index in [9.17, 15) is 0 Å². The van der Waals surface area contributed by atoms with E-state index in [1.54, 1.807) is 0 Å². The van der Waals surface area contributed by atoms with Crippen molar-refractivity contribution in [2.75, 3.05) is 0 Å². The second-order valence-corrected chi connectivity index (χ2v) is 9.49. The Morgan fingerprint density at radius 2 is 1.29 bits per heavy atom. The van der Waals surface area contributed by atoms with Crippen molar-refractivity contribution in [2.45, 2.75) is 13.5 Å². The van der Waals surface area contributed by atoms with E-state index in [0.717, 1.165) is 0 Å². The van der Waals surface area contributed by atoms with Gasteiger partial charge in [0.1, 0.15) is 8.07 Å². The summed E-state index contributed by atoms with van der Waals surface area (Å²) in [6.45, 7) is 4.60. The van der Waals surface area contributed by atoms with Gasteiger partial charge in [-0.1, -0.05) is 67.2 Å². The highest BCUT2D eigenvalue weighted by Gasteiger charge is 2.34. The number of hydrogen-bond donors (Lipinski definition) is 0. The van der Waals surface area contributed by atoms with Gasteiger partial charge in [0.05, 0.1) is 0 Å². The molecule has 0 fully saturated rings. The van der Waals surface area contributed by atoms with E-state index in [1.807, 2.05) is 12.4 Å². The predicted molar refractivity (Wildman–Crippen MR) is 92.4 cm³/mol. The van der Waals surface area contributed by atoms with Gasteiger partial charge >= 0.3 is 0 Å². The lowest BCUT2D eigenvalue weighted by Gasteiger charge is -2.30.